The van der Waals surface area contributed by atoms with Crippen LogP contribution in [0.3, 0.4) is 0 Å². The molecule has 0 bridgehead atoms. The predicted molar refractivity (Wildman–Crippen MR) is 71.0 cm³/mol. The number of hydrogen-bond acceptors (Lipinski definition) is 2. The molecule has 0 amide bonds. The molecular weight excluding hydrogens is 280 g/mol. The van der Waals surface area contributed by atoms with Crippen molar-refractivity contribution in [2.75, 3.05) is 6.61 Å². The number of halogens is 1. The number of aryl methyl sites for hydroxylation is 1. The minimum absolute atomic E-state index is 0.120. The Morgan fingerprint density at radius 2 is 2.29 bits per heavy atom. The van der Waals surface area contributed by atoms with E-state index < -0.39 is 0 Å². The molecule has 0 spiro atoms. The van der Waals surface area contributed by atoms with Gasteiger partial charge in [-0.25, -0.2) is 4.68 Å². The highest BCUT2D eigenvalue weighted by atomic mass is 79.9. The maximum Gasteiger partial charge on any atom is 0.150 e. The number of benzene rings is 1. The number of fused-ring (bicyclic) bond motifs is 1. The van der Waals surface area contributed by atoms with Crippen molar-refractivity contribution in [3.63, 3.8) is 0 Å². The summed E-state index contributed by atoms with van der Waals surface area (Å²) in [5, 5.41) is 5.81. The summed E-state index contributed by atoms with van der Waals surface area (Å²) in [7, 11) is 0. The van der Waals surface area contributed by atoms with Gasteiger partial charge >= 0.3 is 0 Å². The van der Waals surface area contributed by atoms with Gasteiger partial charge in [-0.15, -0.1) is 0 Å². The highest BCUT2D eigenvalue weighted by Gasteiger charge is 2.17. The van der Waals surface area contributed by atoms with Crippen LogP contribution in [0.25, 0.3) is 10.9 Å². The molecule has 17 heavy (non-hydrogen) atoms. The van der Waals surface area contributed by atoms with E-state index in [4.69, 9.17) is 4.74 Å². The topological polar surface area (TPSA) is 27.1 Å². The first kappa shape index (κ1) is 11.2. The zero-order valence-corrected chi connectivity index (χ0v) is 11.4. The molecule has 1 fully saturated rings. The van der Waals surface area contributed by atoms with Gasteiger partial charge in [0.15, 0.2) is 0 Å². The second-order valence-corrected chi connectivity index (χ2v) is 5.39. The van der Waals surface area contributed by atoms with Gasteiger partial charge in [-0.05, 0) is 43.9 Å². The molecule has 1 saturated heterocycles. The molecule has 2 aromatic rings. The van der Waals surface area contributed by atoms with Crippen molar-refractivity contribution < 1.29 is 4.74 Å². The summed E-state index contributed by atoms with van der Waals surface area (Å²) in [4.78, 5) is 0. The van der Waals surface area contributed by atoms with Crippen molar-refractivity contribution in [1.82, 2.24) is 9.78 Å². The van der Waals surface area contributed by atoms with Crippen LogP contribution in [0.5, 0.6) is 0 Å². The molecule has 0 aliphatic carbocycles. The summed E-state index contributed by atoms with van der Waals surface area (Å²) in [6.07, 6.45) is 5.68. The Labute approximate surface area is 109 Å². The summed E-state index contributed by atoms with van der Waals surface area (Å²) in [6.45, 7) is 2.96. The van der Waals surface area contributed by atoms with Gasteiger partial charge in [-0.1, -0.05) is 15.9 Å². The molecule has 3 rings (SSSR count). The van der Waals surface area contributed by atoms with Crippen LogP contribution >= 0.6 is 15.9 Å². The van der Waals surface area contributed by atoms with Crippen LogP contribution < -0.4 is 0 Å². The fourth-order valence-electron chi connectivity index (χ4n) is 2.30. The summed E-state index contributed by atoms with van der Waals surface area (Å²) in [5.74, 6) is 0. The summed E-state index contributed by atoms with van der Waals surface area (Å²) < 4.78 is 8.86. The quantitative estimate of drug-likeness (QED) is 0.800. The molecule has 0 radical (unpaired) electrons. The smallest absolute Gasteiger partial charge is 0.150 e. The van der Waals surface area contributed by atoms with E-state index in [9.17, 15) is 0 Å². The molecule has 0 unspecified atom stereocenters. The molecule has 90 valence electrons. The normalized spacial score (nSPS) is 20.9. The van der Waals surface area contributed by atoms with E-state index >= 15 is 0 Å². The number of nitrogens with zero attached hydrogens (tertiary/aromatic N) is 2. The minimum atomic E-state index is 0.120. The van der Waals surface area contributed by atoms with Crippen LogP contribution in [-0.2, 0) is 4.74 Å². The zero-order chi connectivity index (χ0) is 11.8. The first-order valence-electron chi connectivity index (χ1n) is 6.01. The van der Waals surface area contributed by atoms with E-state index in [1.54, 1.807) is 0 Å². The van der Waals surface area contributed by atoms with Crippen molar-refractivity contribution in [3.8, 4) is 0 Å². The third kappa shape index (κ3) is 2.00. The Hall–Kier alpha value is -0.870. The Kier molecular flexibility index (Phi) is 2.92. The van der Waals surface area contributed by atoms with E-state index in [0.717, 1.165) is 23.0 Å². The number of hydrogen-bond donors (Lipinski definition) is 0. The largest absolute Gasteiger partial charge is 0.357 e. The predicted octanol–water partition coefficient (Wildman–Crippen LogP) is 3.81. The van der Waals surface area contributed by atoms with Gasteiger partial charge < -0.3 is 4.74 Å². The molecule has 0 saturated carbocycles. The van der Waals surface area contributed by atoms with E-state index in [1.807, 2.05) is 10.7 Å². The maximum atomic E-state index is 5.75. The van der Waals surface area contributed by atoms with Crippen LogP contribution in [0.2, 0.25) is 0 Å². The van der Waals surface area contributed by atoms with Crippen LogP contribution in [-0.4, -0.2) is 16.4 Å². The van der Waals surface area contributed by atoms with Gasteiger partial charge in [0.25, 0.3) is 0 Å². The Balaban J connectivity index is 2.04. The molecule has 4 heteroatoms. The second kappa shape index (κ2) is 4.42. The van der Waals surface area contributed by atoms with Crippen molar-refractivity contribution in [1.29, 1.82) is 0 Å². The third-order valence-electron chi connectivity index (χ3n) is 3.36. The van der Waals surface area contributed by atoms with E-state index in [2.05, 4.69) is 40.2 Å². The van der Waals surface area contributed by atoms with Gasteiger partial charge in [-0.3, -0.25) is 0 Å². The van der Waals surface area contributed by atoms with E-state index in [-0.39, 0.29) is 6.23 Å². The molecule has 1 aromatic carbocycles. The molecule has 1 aliphatic rings. The molecular formula is C13H15BrN2O. The van der Waals surface area contributed by atoms with Crippen LogP contribution in [0.4, 0.5) is 0 Å². The lowest BCUT2D eigenvalue weighted by molar-refractivity contribution is -0.0390. The van der Waals surface area contributed by atoms with Gasteiger partial charge in [0.2, 0.25) is 0 Å². The Morgan fingerprint density at radius 1 is 1.41 bits per heavy atom. The Bertz CT molecular complexity index is 544. The van der Waals surface area contributed by atoms with Crippen LogP contribution in [0.15, 0.2) is 22.8 Å². The maximum absolute atomic E-state index is 5.75. The lowest BCUT2D eigenvalue weighted by Crippen LogP contribution is -2.18. The zero-order valence-electron chi connectivity index (χ0n) is 9.82. The fourth-order valence-corrected chi connectivity index (χ4v) is 2.65. The molecule has 0 N–H and O–H groups in total. The molecule has 1 aromatic heterocycles. The molecule has 2 heterocycles. The highest BCUT2D eigenvalue weighted by Crippen LogP contribution is 2.28. The van der Waals surface area contributed by atoms with E-state index in [1.165, 1.54) is 23.8 Å². The van der Waals surface area contributed by atoms with Crippen LogP contribution in [0, 0.1) is 6.92 Å². The third-order valence-corrected chi connectivity index (χ3v) is 4.22. The van der Waals surface area contributed by atoms with Gasteiger partial charge in [0.05, 0.1) is 5.52 Å². The second-order valence-electron chi connectivity index (χ2n) is 4.54. The number of aromatic nitrogens is 2. The summed E-state index contributed by atoms with van der Waals surface area (Å²) in [6, 6.07) is 4.10. The summed E-state index contributed by atoms with van der Waals surface area (Å²) in [5.41, 5.74) is 2.28. The van der Waals surface area contributed by atoms with Crippen molar-refractivity contribution >= 4 is 26.8 Å². The van der Waals surface area contributed by atoms with E-state index in [0.29, 0.717) is 0 Å². The standard InChI is InChI=1S/C13H15BrN2O/c1-9-10-8-16(13-4-2-3-7-17-13)15-12(10)6-5-11(9)14/h5-6,8,13H,2-4,7H2,1H3/t13-/m0/s1. The van der Waals surface area contributed by atoms with Crippen molar-refractivity contribution in [2.45, 2.75) is 32.4 Å². The molecule has 3 nitrogen and oxygen atoms in total. The van der Waals surface area contributed by atoms with Gasteiger partial charge in [-0.2, -0.15) is 5.10 Å². The van der Waals surface area contributed by atoms with Gasteiger partial charge in [0, 0.05) is 22.7 Å². The Morgan fingerprint density at radius 3 is 3.06 bits per heavy atom. The van der Waals surface area contributed by atoms with Crippen LogP contribution in [0.1, 0.15) is 31.1 Å². The van der Waals surface area contributed by atoms with Crippen molar-refractivity contribution in [3.05, 3.63) is 28.4 Å². The SMILES string of the molecule is Cc1c(Br)ccc2nn([C@@H]3CCCCO3)cc12. The molecule has 1 aliphatic heterocycles. The minimum Gasteiger partial charge on any atom is -0.357 e. The fraction of sp³-hybridized carbons (Fsp3) is 0.462. The van der Waals surface area contributed by atoms with Gasteiger partial charge in [0.1, 0.15) is 6.23 Å². The molecule has 1 atom stereocenters. The lowest BCUT2D eigenvalue weighted by Gasteiger charge is -2.22. The highest BCUT2D eigenvalue weighted by molar-refractivity contribution is 9.10. The first-order valence-corrected chi connectivity index (χ1v) is 6.80. The monoisotopic (exact) mass is 294 g/mol. The first-order chi connectivity index (χ1) is 8.25. The average molecular weight is 295 g/mol. The lowest BCUT2D eigenvalue weighted by atomic mass is 10.1. The number of ether oxygens (including phenoxy) is 1. The summed E-state index contributed by atoms with van der Waals surface area (Å²) >= 11 is 3.55. The number of rotatable bonds is 1. The van der Waals surface area contributed by atoms with Crippen molar-refractivity contribution in [2.24, 2.45) is 0 Å². The average Bonchev–Trinajstić information content (AvgIpc) is 2.80.